The first-order valence-corrected chi connectivity index (χ1v) is 42.1. The van der Waals surface area contributed by atoms with Crippen LogP contribution in [-0.4, -0.2) is 154 Å². The number of aromatic amines is 1. The molecule has 40 heteroatoms. The number of nitrogens with one attached hydrogen (secondary N) is 1. The Hall–Kier alpha value is -15.6. The van der Waals surface area contributed by atoms with Gasteiger partial charge in [0.25, 0.3) is 0 Å². The van der Waals surface area contributed by atoms with E-state index in [0.717, 1.165) is 85.7 Å². The van der Waals surface area contributed by atoms with Crippen molar-refractivity contribution in [3.63, 3.8) is 0 Å². The first kappa shape index (κ1) is 102. The number of phenolic OH excluding ortho intramolecular Hbond substituents is 4. The number of aromatic nitrogens is 4. The van der Waals surface area contributed by atoms with E-state index in [1.165, 1.54) is 34.9 Å². The molecular formula is C97H100N8O32. The Bertz CT molecular complexity index is 6780. The molecule has 0 amide bonds. The van der Waals surface area contributed by atoms with Crippen molar-refractivity contribution >= 4 is 79.7 Å². The number of hydrogen-bond donors (Lipinski definition) is 8. The molecular weight excluding hydrogens is 1790 g/mol. The second-order valence-electron chi connectivity index (χ2n) is 29.4. The number of anilines is 2. The highest BCUT2D eigenvalue weighted by atomic mass is 16.7. The number of nitrogens with two attached hydrogens (primary N) is 2. The highest BCUT2D eigenvalue weighted by molar-refractivity contribution is 5.84. The van der Waals surface area contributed by atoms with Gasteiger partial charge in [-0.15, -0.1) is 0 Å². The smallest absolute Gasteiger partial charge is 0.420 e. The largest absolute Gasteiger partial charge is 0.506 e. The molecule has 9 heterocycles. The highest BCUT2D eigenvalue weighted by Gasteiger charge is 2.27. The van der Waals surface area contributed by atoms with E-state index in [4.69, 9.17) is 95.8 Å². The molecule has 11 aromatic carbocycles. The van der Waals surface area contributed by atoms with Crippen LogP contribution in [0.2, 0.25) is 0 Å². The third kappa shape index (κ3) is 27.1. The number of carbonyl (C=O) groups excluding carboxylic acids is 2. The molecule has 5 saturated heterocycles. The summed E-state index contributed by atoms with van der Waals surface area (Å²) in [6, 6.07) is 60.9. The van der Waals surface area contributed by atoms with Gasteiger partial charge in [-0.2, -0.15) is 0 Å². The molecule has 0 spiro atoms. The summed E-state index contributed by atoms with van der Waals surface area (Å²) in [6.45, 7) is 10.8. The molecule has 0 bridgehead atoms. The lowest BCUT2D eigenvalue weighted by Gasteiger charge is -2.10. The summed E-state index contributed by atoms with van der Waals surface area (Å²) in [6.07, 6.45) is -0.716. The number of oxazole rings is 4. The minimum absolute atomic E-state index is 0. The van der Waals surface area contributed by atoms with Gasteiger partial charge in [0.05, 0.1) is 157 Å². The molecule has 137 heavy (non-hydrogen) atoms. The summed E-state index contributed by atoms with van der Waals surface area (Å²) in [5.74, 6) is -0.114. The Morgan fingerprint density at radius 2 is 0.693 bits per heavy atom. The topological polar surface area (TPSA) is 545 Å². The zero-order valence-corrected chi connectivity index (χ0v) is 73.9. The number of aliphatic hydroxyl groups excluding tert-OH is 1. The van der Waals surface area contributed by atoms with Crippen LogP contribution in [0.3, 0.4) is 0 Å². The molecule has 0 saturated carbocycles. The number of nitrogens with zero attached hydrogens (tertiary/aromatic N) is 5. The van der Waals surface area contributed by atoms with Crippen molar-refractivity contribution in [2.45, 2.75) is 79.0 Å². The molecule has 15 aromatic rings. The molecule has 40 nitrogen and oxygen atoms in total. The fraction of sp³-hybridized carbons (Fsp3) is 0.258. The molecule has 5 fully saturated rings. The Labute approximate surface area is 779 Å². The first-order valence-electron chi connectivity index (χ1n) is 42.1. The minimum Gasteiger partial charge on any atom is -0.506 e. The molecule has 0 atom stereocenters. The number of nitro benzene ring substituents is 2. The summed E-state index contributed by atoms with van der Waals surface area (Å²) in [5, 5.41) is 66.5. The summed E-state index contributed by atoms with van der Waals surface area (Å²) in [4.78, 5) is 90.2. The number of H-pyrrole nitrogens is 1. The second-order valence-corrected chi connectivity index (χ2v) is 29.4. The molecule has 0 aliphatic carbocycles. The molecule has 0 unspecified atom stereocenters. The normalized spacial score (nSPS) is 14.0. The van der Waals surface area contributed by atoms with Crippen molar-refractivity contribution in [3.05, 3.63) is 342 Å². The lowest BCUT2D eigenvalue weighted by Crippen LogP contribution is -2.15. The average molecular weight is 1890 g/mol. The number of benzene rings is 11. The van der Waals surface area contributed by atoms with E-state index in [2.05, 4.69) is 4.98 Å². The van der Waals surface area contributed by atoms with Crippen LogP contribution in [0.1, 0.15) is 124 Å². The lowest BCUT2D eigenvalue weighted by molar-refractivity contribution is -0.386. The van der Waals surface area contributed by atoms with Crippen LogP contribution in [0.4, 0.5) is 22.7 Å². The Balaban J connectivity index is 0.000000151. The van der Waals surface area contributed by atoms with Crippen molar-refractivity contribution in [3.8, 4) is 40.2 Å². The van der Waals surface area contributed by atoms with E-state index in [0.29, 0.717) is 153 Å². The minimum atomic E-state index is -0.748. The number of aromatic hydroxyl groups is 4. The number of nitro groups is 2. The Kier molecular flexibility index (Phi) is 36.8. The summed E-state index contributed by atoms with van der Waals surface area (Å²) >= 11 is 0. The van der Waals surface area contributed by atoms with E-state index in [1.54, 1.807) is 115 Å². The van der Waals surface area contributed by atoms with Crippen LogP contribution >= 0.6 is 0 Å². The summed E-state index contributed by atoms with van der Waals surface area (Å²) in [7, 11) is 4.81. The summed E-state index contributed by atoms with van der Waals surface area (Å²) in [5.41, 5.74) is 23.9. The molecule has 4 aromatic heterocycles. The molecule has 720 valence electrons. The van der Waals surface area contributed by atoms with E-state index < -0.39 is 50.6 Å². The monoisotopic (exact) mass is 1890 g/mol. The maximum Gasteiger partial charge on any atom is 0.420 e. The Morgan fingerprint density at radius 3 is 1.07 bits per heavy atom. The number of rotatable bonds is 19. The van der Waals surface area contributed by atoms with Gasteiger partial charge in [0.1, 0.15) is 41.3 Å². The van der Waals surface area contributed by atoms with Gasteiger partial charge in [-0.3, -0.25) is 48.5 Å². The van der Waals surface area contributed by atoms with Gasteiger partial charge in [-0.05, 0) is 162 Å². The molecule has 5 aliphatic rings. The number of hydrogen-bond acceptors (Lipinski definition) is 34. The number of fused-ring (bicyclic) bond motifs is 4. The van der Waals surface area contributed by atoms with E-state index in [1.807, 2.05) is 105 Å². The zero-order valence-electron chi connectivity index (χ0n) is 73.9. The van der Waals surface area contributed by atoms with Crippen LogP contribution in [0.15, 0.2) is 255 Å². The van der Waals surface area contributed by atoms with E-state index in [9.17, 15) is 69.4 Å². The van der Waals surface area contributed by atoms with Crippen LogP contribution in [0, 0.1) is 20.2 Å². The van der Waals surface area contributed by atoms with Crippen molar-refractivity contribution in [1.82, 2.24) is 18.7 Å². The van der Waals surface area contributed by atoms with Gasteiger partial charge in [0.2, 0.25) is 0 Å². The van der Waals surface area contributed by atoms with Gasteiger partial charge in [-0.25, -0.2) is 19.2 Å². The van der Waals surface area contributed by atoms with Crippen molar-refractivity contribution < 1.29 is 124 Å². The van der Waals surface area contributed by atoms with Gasteiger partial charge < -0.3 is 116 Å². The maximum atomic E-state index is 12.2. The fourth-order valence-corrected chi connectivity index (χ4v) is 13.8. The predicted octanol–water partition coefficient (Wildman–Crippen LogP) is 14.6. The average Bonchev–Trinajstić information content (AvgIpc) is 1.65. The number of aldehydes is 2. The standard InChI is InChI=1S/C18H17NO5.C16H15NO4.C16H13NO4.C10H9NO4.C9H9NO5.2C9H11NO3.C7H5NO4.C2H6.CH4/c1-21-14-4-2-3-12(9-14)11-19-15-10-13(17-22-7-8-23-17)5-6-16(15)24-18(19)20;2*1-20-13-4-2-3-11(7-13)9-17-14-8-12(10-18)5-6-15(14)21-16(17)19;12-10-11-7-5-6(1-2-8(7)15-10)9-13-3-4-14-9;11-8-2-1-6(5-7(8)10(12)13)9-14-3-4-15-9;2*10-7-5-6(1-2-8(7)11)9-12-3-4-13-9;9-4-5-1-2-7(10)6(3-5)8(11)12;1-2;/h2-6,9-10,17H,7-8,11H2,1H3;2-8,18H,9-10H2,1H3;2-8,10H,9H2,1H3;1-2,5,9H,3-4H2,(H,11,12);1-2,5,9,11H,3-4H2;2*1-2,5,9,11H,3-4,10H2;1-4,10H;1-2H3;1H4. The quantitative estimate of drug-likeness (QED) is 0.0122. The predicted molar refractivity (Wildman–Crippen MR) is 497 cm³/mol. The number of phenols is 4. The van der Waals surface area contributed by atoms with Crippen LogP contribution in [0.25, 0.3) is 44.4 Å². The summed E-state index contributed by atoms with van der Waals surface area (Å²) < 4.78 is 94.1. The third-order valence-electron chi connectivity index (χ3n) is 20.4. The zero-order chi connectivity index (χ0) is 96.9. The third-order valence-corrected chi connectivity index (χ3v) is 20.4. The van der Waals surface area contributed by atoms with Crippen molar-refractivity contribution in [2.75, 3.05) is 98.9 Å². The number of carbonyl (C=O) groups is 2. The molecule has 10 N–H and O–H groups in total. The fourth-order valence-electron chi connectivity index (χ4n) is 13.8. The molecule has 0 radical (unpaired) electrons. The van der Waals surface area contributed by atoms with Gasteiger partial charge in [-0.1, -0.05) is 88.0 Å². The van der Waals surface area contributed by atoms with E-state index >= 15 is 0 Å². The number of ether oxygens (including phenoxy) is 13. The van der Waals surface area contributed by atoms with Crippen molar-refractivity contribution in [2.24, 2.45) is 0 Å². The lowest BCUT2D eigenvalue weighted by atomic mass is 10.2. The van der Waals surface area contributed by atoms with Crippen LogP contribution in [0.5, 0.6) is 40.2 Å². The number of aliphatic hydroxyl groups is 1. The SMILES string of the molecule is C.CC.COc1cccc(Cn2c(=O)oc3ccc(C4OCCO4)cc32)c1.COc1cccc(Cn2c(=O)oc3ccc(C=O)cc32)c1.COc1cccc(Cn2c(=O)oc3ccc(CO)cc32)c1.Nc1cc(C2OCCO2)ccc1O.Nc1cc(C2OCCO2)ccc1O.O=Cc1ccc(O)c([N+](=O)[O-])c1.O=[N+]([O-])c1cc(C2OCCO2)ccc1O.O=c1[nH]c2cc(C3OCCO3)ccc2o1. The van der Waals surface area contributed by atoms with Crippen LogP contribution < -0.4 is 48.7 Å². The second kappa shape index (κ2) is 49.4. The van der Waals surface area contributed by atoms with Crippen LogP contribution in [-0.2, 0) is 73.6 Å². The van der Waals surface area contributed by atoms with Gasteiger partial charge in [0, 0.05) is 51.1 Å². The maximum absolute atomic E-state index is 12.2. The number of nitrogen functional groups attached to an aromatic ring is 2. The number of methoxy groups -OCH3 is 3. The highest BCUT2D eigenvalue weighted by Crippen LogP contribution is 2.36. The van der Waals surface area contributed by atoms with Gasteiger partial charge >= 0.3 is 34.4 Å². The first-order chi connectivity index (χ1) is 65.9. The Morgan fingerprint density at radius 1 is 0.380 bits per heavy atom. The van der Waals surface area contributed by atoms with Crippen molar-refractivity contribution in [1.29, 1.82) is 0 Å². The molecule has 5 aliphatic heterocycles. The molecule has 20 rings (SSSR count). The van der Waals surface area contributed by atoms with E-state index in [-0.39, 0.29) is 67.7 Å². The van der Waals surface area contributed by atoms with Gasteiger partial charge in [0.15, 0.2) is 65.3 Å².